The number of imidazole rings is 1. The number of aromatic nitrogens is 4. The summed E-state index contributed by atoms with van der Waals surface area (Å²) in [5.41, 5.74) is 7.08. The minimum absolute atomic E-state index is 0.110. The van der Waals surface area contributed by atoms with Crippen LogP contribution in [0.4, 0.5) is 14.7 Å². The first-order valence-electron chi connectivity index (χ1n) is 14.0. The van der Waals surface area contributed by atoms with Crippen LogP contribution in [-0.4, -0.2) is 83.4 Å². The van der Waals surface area contributed by atoms with Gasteiger partial charge in [0, 0.05) is 45.1 Å². The Kier molecular flexibility index (Phi) is 9.05. The number of anilines is 1. The Labute approximate surface area is 232 Å². The van der Waals surface area contributed by atoms with E-state index in [2.05, 4.69) is 15.0 Å². The van der Waals surface area contributed by atoms with E-state index in [1.54, 1.807) is 30.3 Å². The maximum absolute atomic E-state index is 14.1. The third kappa shape index (κ3) is 6.49. The van der Waals surface area contributed by atoms with Gasteiger partial charge >= 0.3 is 0 Å². The summed E-state index contributed by atoms with van der Waals surface area (Å²) in [5.74, 6) is 1.43. The van der Waals surface area contributed by atoms with Crippen LogP contribution in [0.15, 0.2) is 30.3 Å². The molecule has 0 radical (unpaired) electrons. The number of carbonyl (C=O) groups excluding carboxylic acids is 1. The Hall–Kier alpha value is -3.38. The molecule has 5 rings (SSSR count). The van der Waals surface area contributed by atoms with E-state index in [9.17, 15) is 13.6 Å². The third-order valence-electron chi connectivity index (χ3n) is 7.73. The molecule has 216 valence electrons. The predicted octanol–water partition coefficient (Wildman–Crippen LogP) is 3.58. The van der Waals surface area contributed by atoms with Crippen molar-refractivity contribution in [1.29, 1.82) is 0 Å². The molecule has 1 amide bonds. The van der Waals surface area contributed by atoms with Crippen LogP contribution in [0.1, 0.15) is 44.4 Å². The molecule has 0 spiro atoms. The van der Waals surface area contributed by atoms with Gasteiger partial charge in [-0.3, -0.25) is 9.36 Å². The van der Waals surface area contributed by atoms with Gasteiger partial charge in [0.05, 0.1) is 30.9 Å². The lowest BCUT2D eigenvalue weighted by molar-refractivity contribution is -0.133. The van der Waals surface area contributed by atoms with Crippen molar-refractivity contribution in [1.82, 2.24) is 24.4 Å². The molecule has 3 aromatic rings. The van der Waals surface area contributed by atoms with Crippen molar-refractivity contribution in [2.45, 2.75) is 38.5 Å². The van der Waals surface area contributed by atoms with Gasteiger partial charge in [0.25, 0.3) is 6.43 Å². The van der Waals surface area contributed by atoms with Crippen molar-refractivity contribution in [2.24, 2.45) is 17.6 Å². The molecule has 40 heavy (non-hydrogen) atoms. The van der Waals surface area contributed by atoms with Crippen LogP contribution in [0.5, 0.6) is 5.88 Å². The van der Waals surface area contributed by atoms with Gasteiger partial charge in [-0.05, 0) is 43.9 Å². The zero-order chi connectivity index (χ0) is 28.1. The van der Waals surface area contributed by atoms with Crippen molar-refractivity contribution in [3.63, 3.8) is 0 Å². The fourth-order valence-corrected chi connectivity index (χ4v) is 5.43. The van der Waals surface area contributed by atoms with Crippen molar-refractivity contribution >= 4 is 22.9 Å². The summed E-state index contributed by atoms with van der Waals surface area (Å²) in [6.45, 7) is 3.84. The average molecular weight is 558 g/mol. The van der Waals surface area contributed by atoms with E-state index in [-0.39, 0.29) is 23.5 Å². The zero-order valence-corrected chi connectivity index (χ0v) is 22.8. The minimum atomic E-state index is -2.79. The van der Waals surface area contributed by atoms with Crippen LogP contribution in [-0.2, 0) is 9.53 Å². The molecular weight excluding hydrogens is 520 g/mol. The molecule has 2 atom stereocenters. The number of rotatable bonds is 11. The lowest BCUT2D eigenvalue weighted by Crippen LogP contribution is -2.37. The van der Waals surface area contributed by atoms with Crippen LogP contribution in [0, 0.1) is 11.8 Å². The van der Waals surface area contributed by atoms with E-state index in [0.717, 1.165) is 32.2 Å². The number of hydrogen-bond acceptors (Lipinski definition) is 8. The number of ether oxygens (including phenoxy) is 2. The van der Waals surface area contributed by atoms with Crippen molar-refractivity contribution in [2.75, 3.05) is 57.9 Å². The summed E-state index contributed by atoms with van der Waals surface area (Å²) < 4.78 is 41.2. The number of piperidine rings is 1. The Bertz CT molecular complexity index is 1300. The number of amides is 1. The molecule has 2 aromatic heterocycles. The third-order valence-corrected chi connectivity index (χ3v) is 7.73. The van der Waals surface area contributed by atoms with Gasteiger partial charge in [-0.25, -0.2) is 13.8 Å². The van der Waals surface area contributed by atoms with E-state index >= 15 is 0 Å². The lowest BCUT2D eigenvalue weighted by atomic mass is 9.91. The Balaban J connectivity index is 1.34. The maximum atomic E-state index is 14.1. The first-order valence-corrected chi connectivity index (χ1v) is 14.0. The first kappa shape index (κ1) is 28.2. The number of hydrogen-bond donors (Lipinski definition) is 1. The highest BCUT2D eigenvalue weighted by molar-refractivity contribution is 5.78. The molecular formula is C28H37F2N7O3. The molecule has 1 unspecified atom stereocenters. The van der Waals surface area contributed by atoms with E-state index in [1.165, 1.54) is 4.57 Å². The number of nitrogens with zero attached hydrogens (tertiary/aromatic N) is 6. The fraction of sp³-hybridized carbons (Fsp3) is 0.571. The van der Waals surface area contributed by atoms with Gasteiger partial charge < -0.3 is 25.0 Å². The fourth-order valence-electron chi connectivity index (χ4n) is 5.43. The largest absolute Gasteiger partial charge is 0.477 e. The van der Waals surface area contributed by atoms with Crippen molar-refractivity contribution < 1.29 is 23.0 Å². The monoisotopic (exact) mass is 557 g/mol. The highest BCUT2D eigenvalue weighted by Gasteiger charge is 2.25. The Morgan fingerprint density at radius 2 is 1.98 bits per heavy atom. The van der Waals surface area contributed by atoms with E-state index < -0.39 is 6.43 Å². The number of morpholine rings is 1. The first-order chi connectivity index (χ1) is 19.4. The second-order valence-electron chi connectivity index (χ2n) is 10.6. The smallest absolute Gasteiger partial charge is 0.296 e. The number of likely N-dealkylation sites (tertiary alicyclic amines) is 1. The number of para-hydroxylation sites is 2. The zero-order valence-electron chi connectivity index (χ0n) is 22.8. The number of carbonyl (C=O) groups is 1. The summed E-state index contributed by atoms with van der Waals surface area (Å²) in [7, 11) is 1.86. The number of alkyl halides is 2. The van der Waals surface area contributed by atoms with Crippen LogP contribution in [0.2, 0.25) is 0 Å². The van der Waals surface area contributed by atoms with Gasteiger partial charge in [-0.2, -0.15) is 9.97 Å². The van der Waals surface area contributed by atoms with E-state index in [4.69, 9.17) is 15.2 Å². The number of nitrogens with two attached hydrogens (primary N) is 1. The number of benzene rings is 1. The van der Waals surface area contributed by atoms with Crippen LogP contribution in [0.25, 0.3) is 16.9 Å². The molecule has 1 aromatic carbocycles. The molecule has 0 aliphatic carbocycles. The minimum Gasteiger partial charge on any atom is -0.477 e. The molecule has 2 aliphatic rings. The summed E-state index contributed by atoms with van der Waals surface area (Å²) in [6, 6.07) is 8.59. The number of fused-ring (bicyclic) bond motifs is 1. The summed E-state index contributed by atoms with van der Waals surface area (Å²) >= 11 is 0. The van der Waals surface area contributed by atoms with Crippen LogP contribution >= 0.6 is 0 Å². The SMILES string of the molecule is CN1CC(CCC[C@@H](CN)COc2cc(-n3c(C(F)F)nc4ccccc43)nc(N3CCOCC3)n2)CCC1=O. The average Bonchev–Trinajstić information content (AvgIpc) is 3.37. The molecule has 10 nitrogen and oxygen atoms in total. The molecule has 0 saturated carbocycles. The van der Waals surface area contributed by atoms with Gasteiger partial charge in [0.15, 0.2) is 5.82 Å². The van der Waals surface area contributed by atoms with Crippen molar-refractivity contribution in [3.05, 3.63) is 36.2 Å². The highest BCUT2D eigenvalue weighted by atomic mass is 19.3. The van der Waals surface area contributed by atoms with Crippen molar-refractivity contribution in [3.8, 4) is 11.7 Å². The van der Waals surface area contributed by atoms with E-state index in [1.807, 2.05) is 16.8 Å². The molecule has 2 aliphatic heterocycles. The highest BCUT2D eigenvalue weighted by Crippen LogP contribution is 2.30. The molecule has 2 fully saturated rings. The summed E-state index contributed by atoms with van der Waals surface area (Å²) in [4.78, 5) is 29.0. The Morgan fingerprint density at radius 3 is 2.73 bits per heavy atom. The normalized spacial score (nSPS) is 19.0. The summed E-state index contributed by atoms with van der Waals surface area (Å²) in [6.07, 6.45) is 1.68. The van der Waals surface area contributed by atoms with Gasteiger partial charge in [0.2, 0.25) is 17.7 Å². The van der Waals surface area contributed by atoms with E-state index in [0.29, 0.717) is 74.7 Å². The molecule has 12 heteroatoms. The second-order valence-corrected chi connectivity index (χ2v) is 10.6. The lowest BCUT2D eigenvalue weighted by Gasteiger charge is -2.30. The number of halogens is 2. The van der Waals surface area contributed by atoms with Crippen LogP contribution in [0.3, 0.4) is 0 Å². The van der Waals surface area contributed by atoms with Crippen LogP contribution < -0.4 is 15.4 Å². The maximum Gasteiger partial charge on any atom is 0.296 e. The quantitative estimate of drug-likeness (QED) is 0.381. The standard InChI is InChI=1S/C28H37F2N7O3/c1-35-17-19(9-10-25(35)38)5-4-6-20(16-31)18-40-24-15-23(33-28(34-24)36-11-13-39-14-12-36)37-22-8-3-2-7-21(22)32-27(37)26(29)30/h2-3,7-8,15,19-20,26H,4-6,9-14,16-18,31H2,1H3/t19?,20-/m0/s1. The molecule has 4 heterocycles. The molecule has 0 bridgehead atoms. The summed E-state index contributed by atoms with van der Waals surface area (Å²) in [5, 5.41) is 0. The van der Waals surface area contributed by atoms with Gasteiger partial charge in [-0.1, -0.05) is 18.6 Å². The Morgan fingerprint density at radius 1 is 1.18 bits per heavy atom. The topological polar surface area (TPSA) is 112 Å². The predicted molar refractivity (Wildman–Crippen MR) is 147 cm³/mol. The molecule has 2 saturated heterocycles. The van der Waals surface area contributed by atoms with Gasteiger partial charge in [0.1, 0.15) is 5.82 Å². The van der Waals surface area contributed by atoms with Gasteiger partial charge in [-0.15, -0.1) is 0 Å². The molecule has 2 N–H and O–H groups in total. The second kappa shape index (κ2) is 12.9.